The van der Waals surface area contributed by atoms with E-state index in [2.05, 4.69) is 72.8 Å². The molecule has 1 unspecified atom stereocenters. The third kappa shape index (κ3) is 3.92. The van der Waals surface area contributed by atoms with Crippen LogP contribution in [0.4, 0.5) is 0 Å². The second-order valence-electron chi connectivity index (χ2n) is 12.7. The van der Waals surface area contributed by atoms with Gasteiger partial charge in [0.2, 0.25) is 0 Å². The molecule has 4 aliphatic carbocycles. The van der Waals surface area contributed by atoms with Crippen molar-refractivity contribution in [2.75, 3.05) is 0 Å². The molecule has 0 saturated heterocycles. The van der Waals surface area contributed by atoms with E-state index < -0.39 is 0 Å². The quantitative estimate of drug-likeness (QED) is 0.444. The van der Waals surface area contributed by atoms with Gasteiger partial charge in [-0.2, -0.15) is 0 Å². The topological polar surface area (TPSA) is 20.2 Å². The van der Waals surface area contributed by atoms with Gasteiger partial charge in [0.1, 0.15) is 0 Å². The fraction of sp³-hybridized carbons (Fsp3) is 0.800. The van der Waals surface area contributed by atoms with E-state index in [1.807, 2.05) is 0 Å². The van der Waals surface area contributed by atoms with Crippen LogP contribution in [0.2, 0.25) is 0 Å². The number of hydrogen-bond donors (Lipinski definition) is 1. The van der Waals surface area contributed by atoms with E-state index in [0.717, 1.165) is 42.4 Å². The van der Waals surface area contributed by atoms with Crippen LogP contribution in [-0.2, 0) is 0 Å². The SMILES string of the molecule is CC(C)C(C)[C@@H](C)/C=C/[C@@H](C)[C@H]1CC[C@H]2C3=CC=C4C[C@@H](O)CC[C@]4(C)[C@H]3CC[C@]12C. The van der Waals surface area contributed by atoms with Gasteiger partial charge in [0.25, 0.3) is 0 Å². The van der Waals surface area contributed by atoms with Crippen molar-refractivity contribution in [1.82, 2.24) is 0 Å². The highest BCUT2D eigenvalue weighted by Gasteiger charge is 2.56. The molecule has 0 bridgehead atoms. The summed E-state index contributed by atoms with van der Waals surface area (Å²) in [5.74, 6) is 5.11. The summed E-state index contributed by atoms with van der Waals surface area (Å²) in [7, 11) is 0. The molecule has 1 heteroatoms. The molecule has 0 radical (unpaired) electrons. The van der Waals surface area contributed by atoms with E-state index in [4.69, 9.17) is 0 Å². The fourth-order valence-corrected chi connectivity index (χ4v) is 8.15. The van der Waals surface area contributed by atoms with Crippen LogP contribution < -0.4 is 0 Å². The molecule has 0 aliphatic heterocycles. The lowest BCUT2D eigenvalue weighted by molar-refractivity contribution is 0.0382. The molecule has 0 aromatic rings. The van der Waals surface area contributed by atoms with Gasteiger partial charge in [-0.05, 0) is 97.2 Å². The molecule has 4 rings (SSSR count). The van der Waals surface area contributed by atoms with E-state index >= 15 is 0 Å². The average molecular weight is 425 g/mol. The summed E-state index contributed by atoms with van der Waals surface area (Å²) in [6.45, 7) is 17.1. The Labute approximate surface area is 192 Å². The minimum atomic E-state index is -0.118. The van der Waals surface area contributed by atoms with Crippen LogP contribution in [0.3, 0.4) is 0 Å². The second kappa shape index (κ2) is 8.51. The van der Waals surface area contributed by atoms with Crippen molar-refractivity contribution in [2.45, 2.75) is 99.5 Å². The van der Waals surface area contributed by atoms with Crippen molar-refractivity contribution >= 4 is 0 Å². The lowest BCUT2D eigenvalue weighted by Crippen LogP contribution is -2.46. The molecular weight excluding hydrogens is 376 g/mol. The fourth-order valence-electron chi connectivity index (χ4n) is 8.15. The Kier molecular flexibility index (Phi) is 6.41. The van der Waals surface area contributed by atoms with E-state index in [0.29, 0.717) is 22.7 Å². The molecule has 3 fully saturated rings. The van der Waals surface area contributed by atoms with E-state index in [1.54, 1.807) is 5.57 Å². The monoisotopic (exact) mass is 424 g/mol. The van der Waals surface area contributed by atoms with Gasteiger partial charge in [-0.15, -0.1) is 0 Å². The van der Waals surface area contributed by atoms with Gasteiger partial charge >= 0.3 is 0 Å². The van der Waals surface area contributed by atoms with Gasteiger partial charge in [-0.3, -0.25) is 0 Å². The Morgan fingerprint density at radius 1 is 0.903 bits per heavy atom. The van der Waals surface area contributed by atoms with E-state index in [-0.39, 0.29) is 6.10 Å². The summed E-state index contributed by atoms with van der Waals surface area (Å²) in [5.41, 5.74) is 4.06. The molecule has 0 aromatic carbocycles. The van der Waals surface area contributed by atoms with Crippen molar-refractivity contribution in [1.29, 1.82) is 0 Å². The lowest BCUT2D eigenvalue weighted by atomic mass is 9.50. The van der Waals surface area contributed by atoms with Crippen molar-refractivity contribution in [3.05, 3.63) is 35.5 Å². The molecule has 0 aromatic heterocycles. The van der Waals surface area contributed by atoms with Crippen molar-refractivity contribution in [3.8, 4) is 0 Å². The Morgan fingerprint density at radius 3 is 2.35 bits per heavy atom. The normalized spacial score (nSPS) is 43.0. The zero-order valence-electron chi connectivity index (χ0n) is 21.3. The zero-order chi connectivity index (χ0) is 22.6. The number of fused-ring (bicyclic) bond motifs is 5. The summed E-state index contributed by atoms with van der Waals surface area (Å²) in [6.07, 6.45) is 18.5. The highest BCUT2D eigenvalue weighted by molar-refractivity contribution is 5.39. The maximum absolute atomic E-state index is 10.2. The van der Waals surface area contributed by atoms with Crippen LogP contribution in [-0.4, -0.2) is 11.2 Å². The highest BCUT2D eigenvalue weighted by atomic mass is 16.3. The molecule has 0 spiro atoms. The average Bonchev–Trinajstić information content (AvgIpc) is 3.09. The highest BCUT2D eigenvalue weighted by Crippen LogP contribution is 2.66. The first-order valence-corrected chi connectivity index (χ1v) is 13.4. The molecule has 0 amide bonds. The summed E-state index contributed by atoms with van der Waals surface area (Å²) >= 11 is 0. The summed E-state index contributed by atoms with van der Waals surface area (Å²) < 4.78 is 0. The van der Waals surface area contributed by atoms with Gasteiger partial charge in [0.15, 0.2) is 0 Å². The smallest absolute Gasteiger partial charge is 0.0578 e. The van der Waals surface area contributed by atoms with Gasteiger partial charge < -0.3 is 5.11 Å². The van der Waals surface area contributed by atoms with Gasteiger partial charge in [-0.25, -0.2) is 0 Å². The molecular formula is C30H48O. The number of aliphatic hydroxyl groups excluding tert-OH is 1. The molecule has 4 aliphatic rings. The molecule has 3 saturated carbocycles. The largest absolute Gasteiger partial charge is 0.393 e. The van der Waals surface area contributed by atoms with Gasteiger partial charge in [0.05, 0.1) is 6.10 Å². The number of aliphatic hydroxyl groups is 1. The summed E-state index contributed by atoms with van der Waals surface area (Å²) in [6, 6.07) is 0. The number of hydrogen-bond acceptors (Lipinski definition) is 1. The van der Waals surface area contributed by atoms with Crippen LogP contribution in [0.5, 0.6) is 0 Å². The molecule has 9 atom stereocenters. The Morgan fingerprint density at radius 2 is 1.65 bits per heavy atom. The standard InChI is InChI=1S/C30H48O/c1-19(2)22(5)20(3)8-9-21(4)26-12-13-27-25-11-10-23-18-24(31)14-16-29(23,6)28(25)15-17-30(26,27)7/h8-11,19-22,24,26-28,31H,12-18H2,1-7H3/b9-8+/t20-,21+,22?,24-,26+,27-,28-,29-,30+/m0/s1. The minimum Gasteiger partial charge on any atom is -0.393 e. The summed E-state index contributed by atoms with van der Waals surface area (Å²) in [5, 5.41) is 10.2. The molecule has 31 heavy (non-hydrogen) atoms. The first-order valence-electron chi connectivity index (χ1n) is 13.4. The molecule has 0 heterocycles. The van der Waals surface area contributed by atoms with Crippen LogP contribution in [0.15, 0.2) is 35.5 Å². The van der Waals surface area contributed by atoms with Crippen LogP contribution in [0, 0.1) is 52.3 Å². The van der Waals surface area contributed by atoms with Gasteiger partial charge in [-0.1, -0.05) is 83.9 Å². The third-order valence-corrected chi connectivity index (χ3v) is 10.9. The summed E-state index contributed by atoms with van der Waals surface area (Å²) in [4.78, 5) is 0. The molecule has 1 nitrogen and oxygen atoms in total. The predicted octanol–water partition coefficient (Wildman–Crippen LogP) is 7.97. The van der Waals surface area contributed by atoms with Crippen molar-refractivity contribution < 1.29 is 5.11 Å². The van der Waals surface area contributed by atoms with Crippen LogP contribution in [0.1, 0.15) is 93.4 Å². The zero-order valence-corrected chi connectivity index (χ0v) is 21.3. The lowest BCUT2D eigenvalue weighted by Gasteiger charge is -2.55. The molecule has 174 valence electrons. The number of rotatable bonds is 5. The van der Waals surface area contributed by atoms with Crippen molar-refractivity contribution in [3.63, 3.8) is 0 Å². The van der Waals surface area contributed by atoms with Crippen molar-refractivity contribution in [2.24, 2.45) is 52.3 Å². The van der Waals surface area contributed by atoms with Gasteiger partial charge in [0, 0.05) is 0 Å². The van der Waals surface area contributed by atoms with Crippen LogP contribution in [0.25, 0.3) is 0 Å². The number of allylic oxidation sites excluding steroid dienone is 5. The Balaban J connectivity index is 1.53. The van der Waals surface area contributed by atoms with E-state index in [9.17, 15) is 5.11 Å². The maximum Gasteiger partial charge on any atom is 0.0578 e. The Hall–Kier alpha value is -0.820. The van der Waals surface area contributed by atoms with E-state index in [1.165, 1.54) is 37.7 Å². The Bertz CT molecular complexity index is 756. The predicted molar refractivity (Wildman–Crippen MR) is 133 cm³/mol. The first-order chi connectivity index (χ1) is 14.6. The minimum absolute atomic E-state index is 0.118. The molecule has 1 N–H and O–H groups in total. The second-order valence-corrected chi connectivity index (χ2v) is 12.7. The van der Waals surface area contributed by atoms with Crippen LogP contribution >= 0.6 is 0 Å². The third-order valence-electron chi connectivity index (χ3n) is 10.9. The first kappa shape index (κ1) is 23.3. The maximum atomic E-state index is 10.2.